The number of alkyl halides is 18. The third-order valence-electron chi connectivity index (χ3n) is 20.3. The first-order valence-corrected chi connectivity index (χ1v) is 33.1. The van der Waals surface area contributed by atoms with Crippen molar-refractivity contribution in [2.45, 2.75) is 53.3 Å². The van der Waals surface area contributed by atoms with Crippen molar-refractivity contribution in [1.82, 2.24) is 28.7 Å². The van der Waals surface area contributed by atoms with Crippen LogP contribution in [0.25, 0.3) is 117 Å². The predicted octanol–water partition coefficient (Wildman–Crippen LogP) is 24.4. The molecule has 16 rings (SSSR count). The van der Waals surface area contributed by atoms with Gasteiger partial charge in [0, 0.05) is 66.1 Å². The van der Waals surface area contributed by atoms with E-state index < -0.39 is 121 Å². The molecule has 0 amide bonds. The Hall–Kier alpha value is -12.2. The number of aromatic nitrogens is 6. The molecule has 0 radical (unpaired) electrons. The van der Waals surface area contributed by atoms with E-state index in [1.165, 1.54) is 0 Å². The molecule has 0 aliphatic heterocycles. The van der Waals surface area contributed by atoms with Crippen LogP contribution in [0.1, 0.15) is 33.4 Å². The van der Waals surface area contributed by atoms with Crippen molar-refractivity contribution in [3.05, 3.63) is 325 Å². The number of hydrogen-bond acceptors (Lipinski definition) is 3. The van der Waals surface area contributed by atoms with Crippen molar-refractivity contribution in [1.29, 1.82) is 0 Å². The molecule has 0 saturated carbocycles. The molecule has 540 valence electrons. The average Bonchev–Trinajstić information content (AvgIpc) is 1.11. The summed E-state index contributed by atoms with van der Waals surface area (Å²) in [6.07, 6.45) is -36.8. The highest BCUT2D eigenvalue weighted by atomic mass is 19.4. The van der Waals surface area contributed by atoms with Gasteiger partial charge in [0.2, 0.25) is 16.2 Å². The van der Waals surface area contributed by atoms with Gasteiger partial charge in [-0.25, -0.2) is 15.0 Å². The molecule has 4 heterocycles. The van der Waals surface area contributed by atoms with Gasteiger partial charge in [-0.2, -0.15) is 79.0 Å². The Morgan fingerprint density at radius 3 is 0.481 bits per heavy atom. The number of para-hydroxylation sites is 6. The van der Waals surface area contributed by atoms with Gasteiger partial charge in [0.15, 0.2) is 17.5 Å². The quantitative estimate of drug-likeness (QED) is 0.115. The van der Waals surface area contributed by atoms with Gasteiger partial charge in [-0.15, -0.1) is 0 Å². The van der Waals surface area contributed by atoms with E-state index in [1.54, 1.807) is 159 Å². The fourth-order valence-electron chi connectivity index (χ4n) is 15.5. The van der Waals surface area contributed by atoms with Crippen molar-refractivity contribution in [3.8, 4) is 51.2 Å². The monoisotopic (exact) mass is 1480 g/mol. The van der Waals surface area contributed by atoms with Crippen molar-refractivity contribution < 1.29 is 79.0 Å². The third-order valence-corrected chi connectivity index (χ3v) is 20.3. The minimum absolute atomic E-state index is 0.207. The Morgan fingerprint density at radius 1 is 0.176 bits per heavy atom. The van der Waals surface area contributed by atoms with E-state index in [2.05, 4.69) is 15.0 Å². The van der Waals surface area contributed by atoms with Crippen LogP contribution in [0.3, 0.4) is 0 Å². The van der Waals surface area contributed by atoms with E-state index >= 15 is 79.0 Å². The molecule has 0 spiro atoms. The Kier molecular flexibility index (Phi) is 16.2. The zero-order chi connectivity index (χ0) is 75.9. The molecule has 0 saturated heterocycles. The van der Waals surface area contributed by atoms with E-state index in [0.29, 0.717) is 106 Å². The molecule has 0 bridgehead atoms. The standard InChI is InChI=1S/C84H48F18N6/c85-79(86,87)76(80(88,89)90,55-37-43-58(44-38-55)106-67-19-7-1-13-61(67)62-14-2-8-20-68(62)106)52-31-25-49(26-32-52)73-103-74(50-27-33-53(34-28-50)77(81(91,92)93,82(94,95)96)56-39-45-59(46-40-56)107-69-21-9-3-15-63(69)64-16-4-10-22-70(64)107)105-75(104-73)51-29-35-54(36-30-51)78(83(97,98)99,84(100,101)102)57-41-47-60(48-42-57)108-71-23-11-5-17-65(71)66-18-6-12-24-72(66)108/h1-48H. The molecule has 108 heavy (non-hydrogen) atoms. The van der Waals surface area contributed by atoms with Crippen molar-refractivity contribution in [3.63, 3.8) is 0 Å². The number of fused-ring (bicyclic) bond motifs is 9. The molecule has 16 aromatic rings. The number of nitrogens with zero attached hydrogens (tertiary/aromatic N) is 6. The molecule has 0 fully saturated rings. The molecule has 0 N–H and O–H groups in total. The summed E-state index contributed by atoms with van der Waals surface area (Å²) in [6.45, 7) is 0. The normalized spacial score (nSPS) is 13.3. The van der Waals surface area contributed by atoms with Gasteiger partial charge in [-0.05, 0) is 106 Å². The Bertz CT molecular complexity index is 5310. The van der Waals surface area contributed by atoms with E-state index in [4.69, 9.17) is 0 Å². The lowest BCUT2D eigenvalue weighted by Gasteiger charge is -2.38. The molecule has 0 aliphatic rings. The Morgan fingerprint density at radius 2 is 0.324 bits per heavy atom. The minimum atomic E-state index is -6.13. The van der Waals surface area contributed by atoms with Gasteiger partial charge in [0.1, 0.15) is 0 Å². The summed E-state index contributed by atoms with van der Waals surface area (Å²) in [6, 6.07) is 60.3. The first kappa shape index (κ1) is 70.1. The summed E-state index contributed by atoms with van der Waals surface area (Å²) in [5.41, 5.74) is -19.2. The van der Waals surface area contributed by atoms with Crippen LogP contribution in [-0.4, -0.2) is 65.7 Å². The van der Waals surface area contributed by atoms with E-state index in [1.807, 2.05) is 0 Å². The lowest BCUT2D eigenvalue weighted by Crippen LogP contribution is -2.54. The van der Waals surface area contributed by atoms with Crippen LogP contribution in [0, 0.1) is 0 Å². The summed E-state index contributed by atoms with van der Waals surface area (Å²) in [5.74, 6) is -2.00. The van der Waals surface area contributed by atoms with Crippen LogP contribution in [0.2, 0.25) is 0 Å². The average molecular weight is 1480 g/mol. The lowest BCUT2D eigenvalue weighted by molar-refractivity contribution is -0.290. The second-order valence-electron chi connectivity index (χ2n) is 26.0. The fourth-order valence-corrected chi connectivity index (χ4v) is 15.5. The van der Waals surface area contributed by atoms with Crippen LogP contribution in [0.15, 0.2) is 291 Å². The largest absolute Gasteiger partial charge is 0.411 e. The fraction of sp³-hybridized carbons (Fsp3) is 0.107. The summed E-state index contributed by atoms with van der Waals surface area (Å²) in [5, 5.41) is 4.48. The topological polar surface area (TPSA) is 53.5 Å². The smallest absolute Gasteiger partial charge is 0.309 e. The summed E-state index contributed by atoms with van der Waals surface area (Å²) in [7, 11) is 0. The van der Waals surface area contributed by atoms with Gasteiger partial charge >= 0.3 is 37.1 Å². The highest BCUT2D eigenvalue weighted by molar-refractivity contribution is 6.11. The predicted molar refractivity (Wildman–Crippen MR) is 377 cm³/mol. The maximum Gasteiger partial charge on any atom is 0.411 e. The molecular weight excluding hydrogens is 1430 g/mol. The molecule has 0 aliphatic carbocycles. The van der Waals surface area contributed by atoms with Gasteiger partial charge in [0.25, 0.3) is 0 Å². The molecule has 24 heteroatoms. The van der Waals surface area contributed by atoms with E-state index in [9.17, 15) is 0 Å². The van der Waals surface area contributed by atoms with Crippen molar-refractivity contribution >= 4 is 65.4 Å². The molecular formula is C84H48F18N6. The molecule has 0 atom stereocenters. The summed E-state index contributed by atoms with van der Waals surface area (Å²) < 4.78 is 291. The Labute approximate surface area is 599 Å². The highest BCUT2D eigenvalue weighted by Gasteiger charge is 2.75. The zero-order valence-electron chi connectivity index (χ0n) is 55.2. The molecule has 6 nitrogen and oxygen atoms in total. The van der Waals surface area contributed by atoms with Crippen molar-refractivity contribution in [2.24, 2.45) is 0 Å². The second kappa shape index (κ2) is 25.0. The van der Waals surface area contributed by atoms with Gasteiger partial charge in [-0.1, -0.05) is 218 Å². The zero-order valence-corrected chi connectivity index (χ0v) is 55.2. The van der Waals surface area contributed by atoms with Crippen LogP contribution in [0.4, 0.5) is 79.0 Å². The minimum Gasteiger partial charge on any atom is -0.309 e. The number of hydrogen-bond donors (Lipinski definition) is 0. The van der Waals surface area contributed by atoms with Crippen LogP contribution in [0.5, 0.6) is 0 Å². The number of benzene rings is 12. The molecule has 12 aromatic carbocycles. The van der Waals surface area contributed by atoms with Gasteiger partial charge in [0.05, 0.1) is 33.1 Å². The summed E-state index contributed by atoms with van der Waals surface area (Å²) in [4.78, 5) is 13.1. The van der Waals surface area contributed by atoms with E-state index in [-0.39, 0.29) is 17.1 Å². The van der Waals surface area contributed by atoms with Gasteiger partial charge < -0.3 is 13.7 Å². The third kappa shape index (κ3) is 10.6. The first-order chi connectivity index (χ1) is 51.4. The Balaban J connectivity index is 0.817. The van der Waals surface area contributed by atoms with Crippen LogP contribution in [-0.2, 0) is 16.2 Å². The molecule has 0 unspecified atom stereocenters. The van der Waals surface area contributed by atoms with Crippen LogP contribution >= 0.6 is 0 Å². The maximum atomic E-state index is 15.9. The lowest BCUT2D eigenvalue weighted by atomic mass is 9.72. The first-order valence-electron chi connectivity index (χ1n) is 33.1. The SMILES string of the molecule is FC(F)(F)C(c1ccc(-c2nc(-c3ccc(C(c4ccc(-n5c6ccccc6c6ccccc65)cc4)(C(F)(F)F)C(F)(F)F)cc3)nc(-c3ccc(C(c4ccc(-n5c6ccccc6c6ccccc65)cc4)(C(F)(F)F)C(F)(F)F)cc3)n2)cc1)(c1ccc(-n2c3ccccc3c3ccccc32)cc1)C(F)(F)F. The maximum absolute atomic E-state index is 15.9. The molecule has 4 aromatic heterocycles. The van der Waals surface area contributed by atoms with Crippen molar-refractivity contribution in [2.75, 3.05) is 0 Å². The highest BCUT2D eigenvalue weighted by Crippen LogP contribution is 2.60. The second-order valence-corrected chi connectivity index (χ2v) is 26.0. The summed E-state index contributed by atoms with van der Waals surface area (Å²) >= 11 is 0. The number of halogens is 18. The van der Waals surface area contributed by atoms with Crippen LogP contribution < -0.4 is 0 Å². The van der Waals surface area contributed by atoms with E-state index in [0.717, 1.165) is 105 Å². The number of rotatable bonds is 12. The van der Waals surface area contributed by atoms with Gasteiger partial charge in [-0.3, -0.25) is 0 Å².